The summed E-state index contributed by atoms with van der Waals surface area (Å²) in [5, 5.41) is 3.20. The number of hydrogen-bond acceptors (Lipinski definition) is 2. The standard InChI is InChI=1S/C8H16ClNO/c1-8(11-2)7-10-6-4-3-5-9/h3-4,8,10H,5-7H2,1-2H3/b4-3+. The van der Waals surface area contributed by atoms with Crippen LogP contribution in [0.15, 0.2) is 12.2 Å². The zero-order valence-electron chi connectivity index (χ0n) is 7.14. The molecule has 11 heavy (non-hydrogen) atoms. The first-order valence-corrected chi connectivity index (χ1v) is 4.29. The highest BCUT2D eigenvalue weighted by atomic mass is 35.5. The quantitative estimate of drug-likeness (QED) is 0.376. The largest absolute Gasteiger partial charge is 0.380 e. The lowest BCUT2D eigenvalue weighted by molar-refractivity contribution is 0.118. The molecule has 0 aromatic rings. The second-order valence-corrected chi connectivity index (χ2v) is 2.64. The smallest absolute Gasteiger partial charge is 0.0667 e. The van der Waals surface area contributed by atoms with Crippen LogP contribution < -0.4 is 5.32 Å². The van der Waals surface area contributed by atoms with E-state index in [1.54, 1.807) is 7.11 Å². The van der Waals surface area contributed by atoms with Crippen molar-refractivity contribution in [1.82, 2.24) is 5.32 Å². The van der Waals surface area contributed by atoms with E-state index in [1.807, 2.05) is 19.1 Å². The van der Waals surface area contributed by atoms with Crippen LogP contribution in [0.2, 0.25) is 0 Å². The van der Waals surface area contributed by atoms with E-state index < -0.39 is 0 Å². The molecule has 1 N–H and O–H groups in total. The van der Waals surface area contributed by atoms with Crippen LogP contribution in [0.1, 0.15) is 6.92 Å². The van der Waals surface area contributed by atoms with Crippen molar-refractivity contribution in [2.24, 2.45) is 0 Å². The van der Waals surface area contributed by atoms with Gasteiger partial charge >= 0.3 is 0 Å². The highest BCUT2D eigenvalue weighted by molar-refractivity contribution is 6.18. The van der Waals surface area contributed by atoms with E-state index in [0.29, 0.717) is 5.88 Å². The maximum Gasteiger partial charge on any atom is 0.0667 e. The van der Waals surface area contributed by atoms with Crippen LogP contribution >= 0.6 is 11.6 Å². The minimum Gasteiger partial charge on any atom is -0.380 e. The van der Waals surface area contributed by atoms with Crippen molar-refractivity contribution in [3.63, 3.8) is 0 Å². The Morgan fingerprint density at radius 3 is 2.82 bits per heavy atom. The van der Waals surface area contributed by atoms with Crippen molar-refractivity contribution in [3.8, 4) is 0 Å². The van der Waals surface area contributed by atoms with Crippen molar-refractivity contribution in [2.75, 3.05) is 26.1 Å². The molecule has 0 bridgehead atoms. The number of allylic oxidation sites excluding steroid dienone is 1. The second-order valence-electron chi connectivity index (χ2n) is 2.33. The van der Waals surface area contributed by atoms with Crippen LogP contribution in [0.25, 0.3) is 0 Å². The molecule has 1 atom stereocenters. The van der Waals surface area contributed by atoms with Gasteiger partial charge in [0.15, 0.2) is 0 Å². The molecule has 0 aromatic carbocycles. The van der Waals surface area contributed by atoms with E-state index in [4.69, 9.17) is 16.3 Å². The monoisotopic (exact) mass is 177 g/mol. The van der Waals surface area contributed by atoms with Crippen LogP contribution in [0.3, 0.4) is 0 Å². The van der Waals surface area contributed by atoms with Gasteiger partial charge in [0.05, 0.1) is 6.10 Å². The Balaban J connectivity index is 3.07. The molecule has 0 rings (SSSR count). The summed E-state index contributed by atoms with van der Waals surface area (Å²) >= 11 is 5.43. The Kier molecular flexibility index (Phi) is 8.01. The maximum atomic E-state index is 5.43. The number of ether oxygens (including phenoxy) is 1. The third-order valence-corrected chi connectivity index (χ3v) is 1.53. The molecule has 0 aliphatic heterocycles. The van der Waals surface area contributed by atoms with Crippen molar-refractivity contribution in [1.29, 1.82) is 0 Å². The van der Waals surface area contributed by atoms with E-state index in [2.05, 4.69) is 5.32 Å². The maximum absolute atomic E-state index is 5.43. The van der Waals surface area contributed by atoms with Gasteiger partial charge in [-0.2, -0.15) is 0 Å². The van der Waals surface area contributed by atoms with Crippen molar-refractivity contribution >= 4 is 11.6 Å². The van der Waals surface area contributed by atoms with Gasteiger partial charge in [-0.05, 0) is 6.92 Å². The first-order valence-electron chi connectivity index (χ1n) is 3.75. The minimum atomic E-state index is 0.277. The van der Waals surface area contributed by atoms with Gasteiger partial charge < -0.3 is 10.1 Å². The van der Waals surface area contributed by atoms with Crippen LogP contribution in [0.5, 0.6) is 0 Å². The fourth-order valence-corrected chi connectivity index (χ4v) is 0.726. The fourth-order valence-electron chi connectivity index (χ4n) is 0.600. The number of nitrogens with one attached hydrogen (secondary N) is 1. The topological polar surface area (TPSA) is 21.3 Å². The molecule has 3 heteroatoms. The average molecular weight is 178 g/mol. The molecule has 0 heterocycles. The molecule has 0 aromatic heterocycles. The zero-order valence-corrected chi connectivity index (χ0v) is 7.90. The zero-order chi connectivity index (χ0) is 8.53. The number of rotatable bonds is 6. The van der Waals surface area contributed by atoms with Crippen molar-refractivity contribution in [2.45, 2.75) is 13.0 Å². The molecule has 1 unspecified atom stereocenters. The molecular weight excluding hydrogens is 162 g/mol. The van der Waals surface area contributed by atoms with Gasteiger partial charge in [-0.1, -0.05) is 12.2 Å². The van der Waals surface area contributed by atoms with Gasteiger partial charge in [-0.3, -0.25) is 0 Å². The average Bonchev–Trinajstić information content (AvgIpc) is 2.04. The van der Waals surface area contributed by atoms with E-state index in [-0.39, 0.29) is 6.10 Å². The van der Waals surface area contributed by atoms with Crippen LogP contribution in [0.4, 0.5) is 0 Å². The second kappa shape index (κ2) is 8.05. The highest BCUT2D eigenvalue weighted by Crippen LogP contribution is 1.83. The first-order chi connectivity index (χ1) is 5.31. The van der Waals surface area contributed by atoms with Crippen LogP contribution in [0, 0.1) is 0 Å². The third-order valence-electron chi connectivity index (χ3n) is 1.35. The molecule has 0 radical (unpaired) electrons. The summed E-state index contributed by atoms with van der Waals surface area (Å²) in [4.78, 5) is 0. The number of methoxy groups -OCH3 is 1. The van der Waals surface area contributed by atoms with Gasteiger partial charge in [-0.15, -0.1) is 11.6 Å². The Morgan fingerprint density at radius 1 is 1.55 bits per heavy atom. The highest BCUT2D eigenvalue weighted by Gasteiger charge is 1.94. The summed E-state index contributed by atoms with van der Waals surface area (Å²) in [5.41, 5.74) is 0. The molecule has 0 saturated carbocycles. The Labute approximate surface area is 73.6 Å². The van der Waals surface area contributed by atoms with Gasteiger partial charge in [0.25, 0.3) is 0 Å². The lowest BCUT2D eigenvalue weighted by Crippen LogP contribution is -2.25. The Bertz CT molecular complexity index is 106. The predicted molar refractivity (Wildman–Crippen MR) is 49.2 cm³/mol. The number of halogens is 1. The summed E-state index contributed by atoms with van der Waals surface area (Å²) in [6.45, 7) is 3.77. The first kappa shape index (κ1) is 11.0. The molecule has 2 nitrogen and oxygen atoms in total. The Morgan fingerprint density at radius 2 is 2.27 bits per heavy atom. The number of hydrogen-bond donors (Lipinski definition) is 1. The van der Waals surface area contributed by atoms with E-state index >= 15 is 0 Å². The molecule has 0 fully saturated rings. The summed E-state index contributed by atoms with van der Waals surface area (Å²) in [6, 6.07) is 0. The van der Waals surface area contributed by atoms with Crippen molar-refractivity contribution in [3.05, 3.63) is 12.2 Å². The molecule has 0 aliphatic rings. The summed E-state index contributed by atoms with van der Waals surface area (Å²) in [7, 11) is 1.71. The summed E-state index contributed by atoms with van der Waals surface area (Å²) in [6.07, 6.45) is 4.21. The van der Waals surface area contributed by atoms with E-state index in [0.717, 1.165) is 13.1 Å². The molecular formula is C8H16ClNO. The summed E-state index contributed by atoms with van der Waals surface area (Å²) < 4.78 is 5.04. The molecule has 0 aliphatic carbocycles. The predicted octanol–water partition coefficient (Wildman–Crippen LogP) is 1.41. The SMILES string of the molecule is COC(C)CNC/C=C/CCl. The van der Waals surface area contributed by atoms with Crippen LogP contribution in [-0.4, -0.2) is 32.2 Å². The van der Waals surface area contributed by atoms with Crippen molar-refractivity contribution < 1.29 is 4.74 Å². The lowest BCUT2D eigenvalue weighted by atomic mass is 10.4. The minimum absolute atomic E-state index is 0.277. The molecule has 66 valence electrons. The lowest BCUT2D eigenvalue weighted by Gasteiger charge is -2.08. The molecule has 0 amide bonds. The fraction of sp³-hybridized carbons (Fsp3) is 0.750. The number of alkyl halides is 1. The normalized spacial score (nSPS) is 14.1. The van der Waals surface area contributed by atoms with E-state index in [9.17, 15) is 0 Å². The van der Waals surface area contributed by atoms with Gasteiger partial charge in [0.1, 0.15) is 0 Å². The molecule has 0 spiro atoms. The van der Waals surface area contributed by atoms with Crippen LogP contribution in [-0.2, 0) is 4.74 Å². The third kappa shape index (κ3) is 7.85. The van der Waals surface area contributed by atoms with Gasteiger partial charge in [-0.25, -0.2) is 0 Å². The Hall–Kier alpha value is -0.0500. The summed E-state index contributed by atoms with van der Waals surface area (Å²) in [5.74, 6) is 0.585. The van der Waals surface area contributed by atoms with Gasteiger partial charge in [0, 0.05) is 26.1 Å². The molecule has 0 saturated heterocycles. The van der Waals surface area contributed by atoms with Gasteiger partial charge in [0.2, 0.25) is 0 Å². The van der Waals surface area contributed by atoms with E-state index in [1.165, 1.54) is 0 Å².